The minimum absolute atomic E-state index is 0. The zero-order chi connectivity index (χ0) is 15.0. The third-order valence-electron chi connectivity index (χ3n) is 5.23. The number of ether oxygens (including phenoxy) is 1. The molecule has 7 heteroatoms. The molecule has 23 heavy (non-hydrogen) atoms. The van der Waals surface area contributed by atoms with E-state index >= 15 is 0 Å². The number of pyridine rings is 1. The van der Waals surface area contributed by atoms with Crippen LogP contribution in [0.2, 0.25) is 5.15 Å². The molecule has 0 spiro atoms. The fourth-order valence-corrected chi connectivity index (χ4v) is 4.12. The molecule has 2 saturated carbocycles. The highest BCUT2D eigenvalue weighted by molar-refractivity contribution is 6.30. The number of methoxy groups -OCH3 is 1. The second kappa shape index (κ2) is 5.05. The van der Waals surface area contributed by atoms with Crippen molar-refractivity contribution in [1.82, 2.24) is 20.1 Å². The first-order valence-corrected chi connectivity index (χ1v) is 8.10. The van der Waals surface area contributed by atoms with Crippen molar-refractivity contribution >= 4 is 22.5 Å². The molecular weight excluding hydrogens is 319 g/mol. The van der Waals surface area contributed by atoms with Gasteiger partial charge < -0.3 is 10.1 Å². The smallest absolute Gasteiger partial charge is 0.226 e. The molecule has 2 aromatic rings. The predicted octanol–water partition coefficient (Wildman–Crippen LogP) is 3.14. The van der Waals surface area contributed by atoms with Gasteiger partial charge in [0, 0.05) is 5.92 Å². The summed E-state index contributed by atoms with van der Waals surface area (Å²) in [6.07, 6.45) is 2.08. The van der Waals surface area contributed by atoms with Gasteiger partial charge in [0.1, 0.15) is 5.52 Å². The van der Waals surface area contributed by atoms with E-state index in [0.29, 0.717) is 29.2 Å². The van der Waals surface area contributed by atoms with Crippen molar-refractivity contribution < 1.29 is 9.13 Å². The SMILES string of the molecule is C.COc1nc(Cl)c(F)c2c1c(C1C3CNC[C@H]31)nn2C1CC1. The Morgan fingerprint density at radius 1 is 1.30 bits per heavy atom. The van der Waals surface area contributed by atoms with Crippen LogP contribution in [0, 0.1) is 17.7 Å². The van der Waals surface area contributed by atoms with Crippen LogP contribution in [0.3, 0.4) is 0 Å². The Kier molecular flexibility index (Phi) is 3.32. The van der Waals surface area contributed by atoms with Crippen LogP contribution in [0.1, 0.15) is 37.9 Å². The Morgan fingerprint density at radius 3 is 2.61 bits per heavy atom. The van der Waals surface area contributed by atoms with Gasteiger partial charge in [0.25, 0.3) is 0 Å². The van der Waals surface area contributed by atoms with Crippen LogP contribution in [0.4, 0.5) is 4.39 Å². The maximum Gasteiger partial charge on any atom is 0.226 e. The van der Waals surface area contributed by atoms with Gasteiger partial charge >= 0.3 is 0 Å². The molecule has 3 fully saturated rings. The number of nitrogens with one attached hydrogen (secondary N) is 1. The molecule has 3 aliphatic rings. The van der Waals surface area contributed by atoms with E-state index < -0.39 is 5.82 Å². The summed E-state index contributed by atoms with van der Waals surface area (Å²) in [6, 6.07) is 0.283. The van der Waals surface area contributed by atoms with Gasteiger partial charge in [-0.1, -0.05) is 19.0 Å². The van der Waals surface area contributed by atoms with E-state index in [1.807, 2.05) is 4.68 Å². The van der Waals surface area contributed by atoms with E-state index in [9.17, 15) is 4.39 Å². The van der Waals surface area contributed by atoms with Gasteiger partial charge in [-0.3, -0.25) is 4.68 Å². The van der Waals surface area contributed by atoms with Crippen molar-refractivity contribution in [3.63, 3.8) is 0 Å². The lowest BCUT2D eigenvalue weighted by Crippen LogP contribution is -2.14. The Hall–Kier alpha value is -1.40. The summed E-state index contributed by atoms with van der Waals surface area (Å²) in [5.41, 5.74) is 1.41. The first-order chi connectivity index (χ1) is 10.7. The highest BCUT2D eigenvalue weighted by Crippen LogP contribution is 2.58. The quantitative estimate of drug-likeness (QED) is 0.874. The molecule has 3 heterocycles. The molecule has 5 nitrogen and oxygen atoms in total. The Balaban J connectivity index is 0.00000135. The van der Waals surface area contributed by atoms with Crippen molar-refractivity contribution in [2.24, 2.45) is 11.8 Å². The third-order valence-corrected chi connectivity index (χ3v) is 5.48. The Labute approximate surface area is 139 Å². The van der Waals surface area contributed by atoms with Gasteiger partial charge in [-0.05, 0) is 37.8 Å². The van der Waals surface area contributed by atoms with Crippen molar-refractivity contribution in [1.29, 1.82) is 0 Å². The summed E-state index contributed by atoms with van der Waals surface area (Å²) >= 11 is 5.95. The molecule has 2 aliphatic carbocycles. The first-order valence-electron chi connectivity index (χ1n) is 7.72. The van der Waals surface area contributed by atoms with Gasteiger partial charge in [-0.2, -0.15) is 10.1 Å². The molecule has 1 saturated heterocycles. The topological polar surface area (TPSA) is 52.0 Å². The second-order valence-corrected chi connectivity index (χ2v) is 6.88. The number of hydrogen-bond acceptors (Lipinski definition) is 4. The standard InChI is InChI=1S/C15H16ClFN4O.CH4/c1-22-15-10-12(9-7-4-18-5-8(7)9)20-21(6-2-3-6)13(10)11(17)14(16)19-15;/h6-9,18H,2-5H2,1H3;1H4/t7-,8?,9?;/m1./s1. The van der Waals surface area contributed by atoms with Gasteiger partial charge in [-0.15, -0.1) is 0 Å². The van der Waals surface area contributed by atoms with Crippen molar-refractivity contribution in [3.8, 4) is 5.88 Å². The molecule has 0 bridgehead atoms. The molecule has 1 aliphatic heterocycles. The molecule has 3 atom stereocenters. The van der Waals surface area contributed by atoms with Crippen LogP contribution < -0.4 is 10.1 Å². The average molecular weight is 339 g/mol. The van der Waals surface area contributed by atoms with Crippen molar-refractivity contribution in [2.75, 3.05) is 20.2 Å². The number of aromatic nitrogens is 3. The van der Waals surface area contributed by atoms with Gasteiger partial charge in [-0.25, -0.2) is 4.39 Å². The second-order valence-electron chi connectivity index (χ2n) is 6.52. The Morgan fingerprint density at radius 2 is 2.00 bits per heavy atom. The summed E-state index contributed by atoms with van der Waals surface area (Å²) in [4.78, 5) is 4.08. The zero-order valence-electron chi connectivity index (χ0n) is 12.1. The van der Waals surface area contributed by atoms with E-state index in [2.05, 4.69) is 10.3 Å². The monoisotopic (exact) mass is 338 g/mol. The highest BCUT2D eigenvalue weighted by Gasteiger charge is 2.56. The highest BCUT2D eigenvalue weighted by atomic mass is 35.5. The van der Waals surface area contributed by atoms with Gasteiger partial charge in [0.05, 0.1) is 24.2 Å². The third kappa shape index (κ3) is 2.01. The average Bonchev–Trinajstić information content (AvgIpc) is 3.40. The number of halogens is 2. The molecule has 5 rings (SSSR count). The largest absolute Gasteiger partial charge is 0.480 e. The summed E-state index contributed by atoms with van der Waals surface area (Å²) in [6.45, 7) is 2.03. The van der Waals surface area contributed by atoms with E-state index in [1.54, 1.807) is 7.11 Å². The maximum atomic E-state index is 14.6. The lowest BCUT2D eigenvalue weighted by atomic mass is 10.1. The van der Waals surface area contributed by atoms with Crippen LogP contribution >= 0.6 is 11.6 Å². The van der Waals surface area contributed by atoms with Crippen LogP contribution in [0.5, 0.6) is 5.88 Å². The van der Waals surface area contributed by atoms with Gasteiger partial charge in [0.2, 0.25) is 5.88 Å². The normalized spacial score (nSPS) is 28.6. The van der Waals surface area contributed by atoms with E-state index in [-0.39, 0.29) is 18.6 Å². The lowest BCUT2D eigenvalue weighted by molar-refractivity contribution is 0.401. The molecule has 2 aromatic heterocycles. The van der Waals surface area contributed by atoms with E-state index in [4.69, 9.17) is 21.4 Å². The fourth-order valence-electron chi connectivity index (χ4n) is 3.95. The Bertz CT molecular complexity index is 778. The van der Waals surface area contributed by atoms with Crippen molar-refractivity contribution in [2.45, 2.75) is 32.2 Å². The summed E-state index contributed by atoms with van der Waals surface area (Å²) < 4.78 is 21.8. The molecule has 2 unspecified atom stereocenters. The lowest BCUT2D eigenvalue weighted by Gasteiger charge is -2.06. The summed E-state index contributed by atoms with van der Waals surface area (Å²) in [7, 11) is 1.55. The summed E-state index contributed by atoms with van der Waals surface area (Å²) in [5.74, 6) is 1.51. The van der Waals surface area contributed by atoms with Gasteiger partial charge in [0.15, 0.2) is 11.0 Å². The molecular formula is C16H20ClFN4O. The first kappa shape index (κ1) is 15.1. The minimum atomic E-state index is -0.480. The van der Waals surface area contributed by atoms with Crippen LogP contribution in [-0.4, -0.2) is 35.0 Å². The van der Waals surface area contributed by atoms with E-state index in [0.717, 1.165) is 37.0 Å². The maximum absolute atomic E-state index is 14.6. The molecule has 0 radical (unpaired) electrons. The van der Waals surface area contributed by atoms with Crippen molar-refractivity contribution in [3.05, 3.63) is 16.7 Å². The number of hydrogen-bond donors (Lipinski definition) is 1. The van der Waals surface area contributed by atoms with Crippen LogP contribution in [-0.2, 0) is 0 Å². The molecule has 0 amide bonds. The zero-order valence-corrected chi connectivity index (χ0v) is 12.9. The number of rotatable bonds is 3. The predicted molar refractivity (Wildman–Crippen MR) is 86.6 cm³/mol. The fraction of sp³-hybridized carbons (Fsp3) is 0.625. The number of piperidine rings is 1. The number of fused-ring (bicyclic) bond motifs is 2. The minimum Gasteiger partial charge on any atom is -0.480 e. The molecule has 0 aromatic carbocycles. The molecule has 1 N–H and O–H groups in total. The number of nitrogens with zero attached hydrogens (tertiary/aromatic N) is 3. The summed E-state index contributed by atoms with van der Waals surface area (Å²) in [5, 5.41) is 8.74. The van der Waals surface area contributed by atoms with E-state index in [1.165, 1.54) is 0 Å². The van der Waals surface area contributed by atoms with Crippen LogP contribution in [0.15, 0.2) is 0 Å². The van der Waals surface area contributed by atoms with Crippen LogP contribution in [0.25, 0.3) is 10.9 Å². The molecule has 124 valence electrons.